The van der Waals surface area contributed by atoms with Gasteiger partial charge in [-0.2, -0.15) is 0 Å². The van der Waals surface area contributed by atoms with E-state index >= 15 is 0 Å². The monoisotopic (exact) mass is 282 g/mol. The molecule has 1 aromatic heterocycles. The Bertz CT molecular complexity index is 724. The maximum atomic E-state index is 9.06. The lowest BCUT2D eigenvalue weighted by Gasteiger charge is -2.23. The van der Waals surface area contributed by atoms with Crippen molar-refractivity contribution in [2.75, 3.05) is 11.4 Å². The second-order valence-corrected chi connectivity index (χ2v) is 5.26. The van der Waals surface area contributed by atoms with Gasteiger partial charge in [0.1, 0.15) is 0 Å². The van der Waals surface area contributed by atoms with Crippen molar-refractivity contribution >= 4 is 17.2 Å². The van der Waals surface area contributed by atoms with E-state index in [4.69, 9.17) is 10.9 Å². The third-order valence-electron chi connectivity index (χ3n) is 3.85. The van der Waals surface area contributed by atoms with Gasteiger partial charge < -0.3 is 15.8 Å². The van der Waals surface area contributed by atoms with Crippen LogP contribution < -0.4 is 10.6 Å². The molecule has 5 heteroatoms. The van der Waals surface area contributed by atoms with E-state index in [1.165, 1.54) is 11.3 Å². The second kappa shape index (κ2) is 5.09. The lowest BCUT2D eigenvalue weighted by atomic mass is 10.1. The van der Waals surface area contributed by atoms with Crippen LogP contribution in [-0.4, -0.2) is 22.6 Å². The Kier molecular flexibility index (Phi) is 3.25. The first-order valence-electron chi connectivity index (χ1n) is 6.93. The molecule has 2 aromatic rings. The molecule has 2 heterocycles. The van der Waals surface area contributed by atoms with Crippen LogP contribution in [0.5, 0.6) is 0 Å². The zero-order valence-corrected chi connectivity index (χ0v) is 12.2. The Balaban J connectivity index is 2.20. The van der Waals surface area contributed by atoms with Crippen molar-refractivity contribution in [2.24, 2.45) is 10.9 Å². The number of hydrogen-bond acceptors (Lipinski definition) is 4. The van der Waals surface area contributed by atoms with Gasteiger partial charge in [-0.1, -0.05) is 23.4 Å². The van der Waals surface area contributed by atoms with E-state index in [0.717, 1.165) is 30.0 Å². The molecule has 21 heavy (non-hydrogen) atoms. The number of pyridine rings is 1. The van der Waals surface area contributed by atoms with Crippen LogP contribution in [-0.2, 0) is 6.42 Å². The van der Waals surface area contributed by atoms with E-state index in [0.29, 0.717) is 5.56 Å². The summed E-state index contributed by atoms with van der Waals surface area (Å²) in [6.45, 7) is 4.72. The zero-order valence-electron chi connectivity index (χ0n) is 12.2. The fourth-order valence-electron chi connectivity index (χ4n) is 2.98. The quantitative estimate of drug-likeness (QED) is 0.384. The maximum Gasteiger partial charge on any atom is 0.174 e. The van der Waals surface area contributed by atoms with Crippen LogP contribution >= 0.6 is 0 Å². The minimum absolute atomic E-state index is 0.0966. The molecule has 5 nitrogen and oxygen atoms in total. The highest BCUT2D eigenvalue weighted by Gasteiger charge is 2.24. The normalized spacial score (nSPS) is 14.4. The number of nitrogens with zero attached hydrogens (tertiary/aromatic N) is 3. The highest BCUT2D eigenvalue weighted by Crippen LogP contribution is 2.37. The molecule has 0 unspecified atom stereocenters. The van der Waals surface area contributed by atoms with Gasteiger partial charge in [0.25, 0.3) is 0 Å². The van der Waals surface area contributed by atoms with Crippen molar-refractivity contribution in [2.45, 2.75) is 20.3 Å². The molecule has 0 saturated heterocycles. The molecule has 0 aliphatic carbocycles. The van der Waals surface area contributed by atoms with Crippen molar-refractivity contribution in [3.8, 4) is 0 Å². The number of para-hydroxylation sites is 1. The summed E-state index contributed by atoms with van der Waals surface area (Å²) in [5, 5.41) is 12.2. The zero-order chi connectivity index (χ0) is 15.0. The van der Waals surface area contributed by atoms with Crippen molar-refractivity contribution in [1.82, 2.24) is 4.98 Å². The lowest BCUT2D eigenvalue weighted by molar-refractivity contribution is 0.318. The molecule has 0 fully saturated rings. The molecule has 3 N–H and O–H groups in total. The molecule has 0 atom stereocenters. The summed E-state index contributed by atoms with van der Waals surface area (Å²) >= 11 is 0. The number of oxime groups is 1. The molecule has 0 radical (unpaired) electrons. The van der Waals surface area contributed by atoms with E-state index in [1.54, 1.807) is 0 Å². The van der Waals surface area contributed by atoms with E-state index in [9.17, 15) is 0 Å². The molecular formula is C16H18N4O. The summed E-state index contributed by atoms with van der Waals surface area (Å²) in [5.74, 6) is 0.0966. The first kappa shape index (κ1) is 13.4. The Labute approximate surface area is 123 Å². The molecule has 1 aliphatic rings. The van der Waals surface area contributed by atoms with Crippen LogP contribution in [0.25, 0.3) is 0 Å². The third-order valence-corrected chi connectivity index (χ3v) is 3.85. The van der Waals surface area contributed by atoms with Gasteiger partial charge in [0.05, 0.1) is 16.9 Å². The minimum atomic E-state index is 0.0966. The summed E-state index contributed by atoms with van der Waals surface area (Å²) < 4.78 is 0. The van der Waals surface area contributed by atoms with Gasteiger partial charge in [0, 0.05) is 17.9 Å². The van der Waals surface area contributed by atoms with Crippen LogP contribution in [0.4, 0.5) is 11.4 Å². The van der Waals surface area contributed by atoms with E-state index in [-0.39, 0.29) is 5.84 Å². The Morgan fingerprint density at radius 3 is 2.81 bits per heavy atom. The molecule has 1 aromatic carbocycles. The number of aromatic nitrogens is 1. The number of rotatable bonds is 2. The number of amidine groups is 1. The van der Waals surface area contributed by atoms with Crippen LogP contribution in [0.1, 0.15) is 22.5 Å². The molecule has 108 valence electrons. The van der Waals surface area contributed by atoms with Crippen LogP contribution in [0.15, 0.2) is 35.5 Å². The van der Waals surface area contributed by atoms with Crippen molar-refractivity contribution in [3.05, 3.63) is 52.8 Å². The first-order chi connectivity index (χ1) is 10.1. The predicted octanol–water partition coefficient (Wildman–Crippen LogP) is 2.49. The van der Waals surface area contributed by atoms with Crippen molar-refractivity contribution < 1.29 is 5.21 Å². The number of benzene rings is 1. The topological polar surface area (TPSA) is 74.7 Å². The minimum Gasteiger partial charge on any atom is -0.409 e. The summed E-state index contributed by atoms with van der Waals surface area (Å²) in [6.07, 6.45) is 0.992. The van der Waals surface area contributed by atoms with Crippen LogP contribution in [0.3, 0.4) is 0 Å². The number of anilines is 2. The smallest absolute Gasteiger partial charge is 0.174 e. The van der Waals surface area contributed by atoms with Gasteiger partial charge >= 0.3 is 0 Å². The summed E-state index contributed by atoms with van der Waals surface area (Å²) in [6, 6.07) is 10.3. The van der Waals surface area contributed by atoms with Gasteiger partial charge in [-0.3, -0.25) is 4.98 Å². The largest absolute Gasteiger partial charge is 0.409 e. The fourth-order valence-corrected chi connectivity index (χ4v) is 2.98. The average molecular weight is 282 g/mol. The highest BCUT2D eigenvalue weighted by atomic mass is 16.4. The van der Waals surface area contributed by atoms with E-state index in [1.807, 2.05) is 26.0 Å². The molecule has 0 bridgehead atoms. The van der Waals surface area contributed by atoms with E-state index in [2.05, 4.69) is 33.2 Å². The van der Waals surface area contributed by atoms with E-state index < -0.39 is 0 Å². The number of fused-ring (bicyclic) bond motifs is 1. The number of aryl methyl sites for hydroxylation is 2. The van der Waals surface area contributed by atoms with Gasteiger partial charge in [0.2, 0.25) is 0 Å². The van der Waals surface area contributed by atoms with Crippen LogP contribution in [0.2, 0.25) is 0 Å². The Morgan fingerprint density at radius 2 is 2.05 bits per heavy atom. The van der Waals surface area contributed by atoms with Gasteiger partial charge in [-0.05, 0) is 38.0 Å². The van der Waals surface area contributed by atoms with Gasteiger partial charge in [-0.25, -0.2) is 0 Å². The van der Waals surface area contributed by atoms with Gasteiger partial charge in [-0.15, -0.1) is 0 Å². The second-order valence-electron chi connectivity index (χ2n) is 5.26. The Hall–Kier alpha value is -2.56. The molecule has 1 aliphatic heterocycles. The lowest BCUT2D eigenvalue weighted by Crippen LogP contribution is -2.23. The molecule has 0 spiro atoms. The van der Waals surface area contributed by atoms with Crippen molar-refractivity contribution in [1.29, 1.82) is 0 Å². The van der Waals surface area contributed by atoms with Gasteiger partial charge in [0.15, 0.2) is 5.84 Å². The summed E-state index contributed by atoms with van der Waals surface area (Å²) in [4.78, 5) is 6.64. The highest BCUT2D eigenvalue weighted by molar-refractivity contribution is 6.04. The van der Waals surface area contributed by atoms with Crippen molar-refractivity contribution in [3.63, 3.8) is 0 Å². The Morgan fingerprint density at radius 1 is 1.29 bits per heavy atom. The summed E-state index contributed by atoms with van der Waals surface area (Å²) in [5.41, 5.74) is 11.7. The maximum absolute atomic E-state index is 9.06. The number of hydrogen-bond donors (Lipinski definition) is 2. The molecular weight excluding hydrogens is 264 g/mol. The third kappa shape index (κ3) is 2.20. The first-order valence-corrected chi connectivity index (χ1v) is 6.93. The number of nitrogens with two attached hydrogens (primary N) is 1. The fraction of sp³-hybridized carbons (Fsp3) is 0.250. The predicted molar refractivity (Wildman–Crippen MR) is 83.4 cm³/mol. The molecule has 3 rings (SSSR count). The molecule has 0 saturated carbocycles. The average Bonchev–Trinajstić information content (AvgIpc) is 2.89. The van der Waals surface area contributed by atoms with Crippen LogP contribution in [0, 0.1) is 13.8 Å². The standard InChI is InChI=1S/C16H18N4O/c1-10-9-14(15(11(2)18-10)16(17)19-21)20-8-7-12-5-3-4-6-13(12)20/h3-6,9,21H,7-8H2,1-2H3,(H2,17,19). The molecule has 0 amide bonds. The SMILES string of the molecule is Cc1cc(N2CCc3ccccc32)c(/C(N)=N/O)c(C)n1. The summed E-state index contributed by atoms with van der Waals surface area (Å²) in [7, 11) is 0.